The topological polar surface area (TPSA) is 90.6 Å². The second-order valence-corrected chi connectivity index (χ2v) is 6.24. The van der Waals surface area contributed by atoms with Gasteiger partial charge in [-0.05, 0) is 12.8 Å². The van der Waals surface area contributed by atoms with Gasteiger partial charge in [-0.15, -0.1) is 11.3 Å². The van der Waals surface area contributed by atoms with Crippen molar-refractivity contribution in [1.82, 2.24) is 20.0 Å². The summed E-state index contributed by atoms with van der Waals surface area (Å²) in [6.45, 7) is 2.25. The number of ether oxygens (including phenoxy) is 2. The third-order valence-electron chi connectivity index (χ3n) is 3.84. The van der Waals surface area contributed by atoms with Crippen LogP contribution in [0.2, 0.25) is 0 Å². The lowest BCUT2D eigenvalue weighted by Crippen LogP contribution is -2.41. The van der Waals surface area contributed by atoms with Crippen LogP contribution in [0.1, 0.15) is 35.0 Å². The lowest BCUT2D eigenvalue weighted by atomic mass is 10.1. The van der Waals surface area contributed by atoms with Crippen LogP contribution >= 0.6 is 11.3 Å². The number of piperidine rings is 1. The van der Waals surface area contributed by atoms with E-state index in [1.54, 1.807) is 18.0 Å². The number of hydrogen-bond donors (Lipinski definition) is 0. The Bertz CT molecular complexity index is 638. The van der Waals surface area contributed by atoms with Crippen molar-refractivity contribution in [2.24, 2.45) is 0 Å². The van der Waals surface area contributed by atoms with Gasteiger partial charge < -0.3 is 18.9 Å². The minimum Gasteiger partial charge on any atom is -0.378 e. The molecule has 3 rings (SSSR count). The minimum atomic E-state index is 0.00664. The third kappa shape index (κ3) is 4.37. The standard InChI is InChI=1S/C15H20N4O4S/c1-21-8-14-17-13(18-23-14)4-7-22-11-2-5-19(6-3-11)15(20)12-9-24-10-16-12/h9-11H,2-8H2,1H3. The summed E-state index contributed by atoms with van der Waals surface area (Å²) in [5.74, 6) is 1.10. The van der Waals surface area contributed by atoms with Crippen molar-refractivity contribution >= 4 is 17.2 Å². The van der Waals surface area contributed by atoms with Gasteiger partial charge in [0.2, 0.25) is 0 Å². The molecule has 0 unspecified atom stereocenters. The van der Waals surface area contributed by atoms with Crippen molar-refractivity contribution in [3.63, 3.8) is 0 Å². The Hall–Kier alpha value is -1.84. The van der Waals surface area contributed by atoms with E-state index in [-0.39, 0.29) is 12.0 Å². The van der Waals surface area contributed by atoms with Gasteiger partial charge in [0, 0.05) is 32.0 Å². The number of nitrogens with zero attached hydrogens (tertiary/aromatic N) is 4. The molecule has 24 heavy (non-hydrogen) atoms. The van der Waals surface area contributed by atoms with Gasteiger partial charge in [0.15, 0.2) is 5.82 Å². The fraction of sp³-hybridized carbons (Fsp3) is 0.600. The summed E-state index contributed by atoms with van der Waals surface area (Å²) in [5, 5.41) is 5.66. The average molecular weight is 352 g/mol. The highest BCUT2D eigenvalue weighted by molar-refractivity contribution is 7.07. The van der Waals surface area contributed by atoms with Gasteiger partial charge in [0.05, 0.1) is 18.2 Å². The van der Waals surface area contributed by atoms with Crippen molar-refractivity contribution in [3.05, 3.63) is 28.3 Å². The monoisotopic (exact) mass is 352 g/mol. The number of carbonyl (C=O) groups is 1. The molecule has 0 saturated carbocycles. The van der Waals surface area contributed by atoms with Gasteiger partial charge in [-0.25, -0.2) is 4.98 Å². The van der Waals surface area contributed by atoms with Crippen LogP contribution in [0, 0.1) is 0 Å². The highest BCUT2D eigenvalue weighted by atomic mass is 32.1. The predicted octanol–water partition coefficient (Wildman–Crippen LogP) is 1.54. The van der Waals surface area contributed by atoms with Crippen LogP contribution in [0.3, 0.4) is 0 Å². The molecule has 0 aliphatic carbocycles. The van der Waals surface area contributed by atoms with Crippen LogP contribution < -0.4 is 0 Å². The van der Waals surface area contributed by atoms with E-state index in [2.05, 4.69) is 15.1 Å². The first kappa shape index (κ1) is 17.0. The predicted molar refractivity (Wildman–Crippen MR) is 85.7 cm³/mol. The zero-order valence-corrected chi connectivity index (χ0v) is 14.3. The Labute approximate surface area is 143 Å². The van der Waals surface area contributed by atoms with E-state index >= 15 is 0 Å². The maximum atomic E-state index is 12.2. The minimum absolute atomic E-state index is 0.00664. The first-order valence-corrected chi connectivity index (χ1v) is 8.80. The maximum Gasteiger partial charge on any atom is 0.273 e. The molecule has 130 valence electrons. The molecule has 0 N–H and O–H groups in total. The third-order valence-corrected chi connectivity index (χ3v) is 4.42. The molecule has 1 aliphatic rings. The molecule has 1 fully saturated rings. The fourth-order valence-electron chi connectivity index (χ4n) is 2.60. The molecular formula is C15H20N4O4S. The van der Waals surface area contributed by atoms with Gasteiger partial charge in [-0.2, -0.15) is 4.98 Å². The second kappa shape index (κ2) is 8.32. The maximum absolute atomic E-state index is 12.2. The molecule has 9 heteroatoms. The van der Waals surface area contributed by atoms with E-state index in [9.17, 15) is 4.79 Å². The summed E-state index contributed by atoms with van der Waals surface area (Å²) in [6.07, 6.45) is 2.43. The summed E-state index contributed by atoms with van der Waals surface area (Å²) in [5.41, 5.74) is 2.21. The molecule has 0 spiro atoms. The summed E-state index contributed by atoms with van der Waals surface area (Å²) < 4.78 is 15.8. The molecule has 0 aromatic carbocycles. The van der Waals surface area contributed by atoms with E-state index in [1.807, 2.05) is 4.90 Å². The SMILES string of the molecule is COCc1nc(CCOC2CCN(C(=O)c3cscn3)CC2)no1. The molecule has 2 aromatic rings. The van der Waals surface area contributed by atoms with Crippen molar-refractivity contribution in [2.75, 3.05) is 26.8 Å². The highest BCUT2D eigenvalue weighted by Crippen LogP contribution is 2.16. The van der Waals surface area contributed by atoms with Crippen LogP contribution in [0.5, 0.6) is 0 Å². The number of methoxy groups -OCH3 is 1. The molecule has 0 bridgehead atoms. The number of amides is 1. The Balaban J connectivity index is 1.37. The molecule has 8 nitrogen and oxygen atoms in total. The van der Waals surface area contributed by atoms with Crippen LogP contribution in [-0.2, 0) is 22.5 Å². The van der Waals surface area contributed by atoms with Crippen LogP contribution in [-0.4, -0.2) is 58.8 Å². The Morgan fingerprint density at radius 2 is 2.29 bits per heavy atom. The lowest BCUT2D eigenvalue weighted by molar-refractivity contribution is 0.00933. The normalized spacial score (nSPS) is 15.8. The Morgan fingerprint density at radius 3 is 3.00 bits per heavy atom. The van der Waals surface area contributed by atoms with E-state index in [0.717, 1.165) is 12.8 Å². The van der Waals surface area contributed by atoms with Crippen molar-refractivity contribution in [3.8, 4) is 0 Å². The number of rotatable bonds is 7. The van der Waals surface area contributed by atoms with Crippen LogP contribution in [0.25, 0.3) is 0 Å². The number of aromatic nitrogens is 3. The van der Waals surface area contributed by atoms with Gasteiger partial charge in [0.25, 0.3) is 11.8 Å². The lowest BCUT2D eigenvalue weighted by Gasteiger charge is -2.31. The largest absolute Gasteiger partial charge is 0.378 e. The Kier molecular flexibility index (Phi) is 5.89. The second-order valence-electron chi connectivity index (χ2n) is 5.52. The molecule has 0 radical (unpaired) electrons. The molecule has 1 aliphatic heterocycles. The van der Waals surface area contributed by atoms with Gasteiger partial charge in [-0.3, -0.25) is 4.79 Å². The highest BCUT2D eigenvalue weighted by Gasteiger charge is 2.25. The molecule has 1 amide bonds. The number of hydrogen-bond acceptors (Lipinski definition) is 8. The van der Waals surface area contributed by atoms with E-state index in [1.165, 1.54) is 11.3 Å². The first-order chi connectivity index (χ1) is 11.8. The number of thiazole rings is 1. The number of likely N-dealkylation sites (tertiary alicyclic amines) is 1. The van der Waals surface area contributed by atoms with Crippen molar-refractivity contribution in [2.45, 2.75) is 32.0 Å². The van der Waals surface area contributed by atoms with E-state index in [0.29, 0.717) is 50.1 Å². The molecule has 2 aromatic heterocycles. The Morgan fingerprint density at radius 1 is 1.46 bits per heavy atom. The zero-order valence-electron chi connectivity index (χ0n) is 13.5. The van der Waals surface area contributed by atoms with Gasteiger partial charge in [-0.1, -0.05) is 5.16 Å². The summed E-state index contributed by atoms with van der Waals surface area (Å²) in [6, 6.07) is 0. The summed E-state index contributed by atoms with van der Waals surface area (Å²) >= 11 is 1.44. The van der Waals surface area contributed by atoms with Gasteiger partial charge in [0.1, 0.15) is 12.3 Å². The van der Waals surface area contributed by atoms with Crippen LogP contribution in [0.4, 0.5) is 0 Å². The first-order valence-electron chi connectivity index (χ1n) is 7.85. The summed E-state index contributed by atoms with van der Waals surface area (Å²) in [7, 11) is 1.58. The summed E-state index contributed by atoms with van der Waals surface area (Å²) in [4.78, 5) is 22.3. The number of carbonyl (C=O) groups excluding carboxylic acids is 1. The zero-order chi connectivity index (χ0) is 16.8. The molecule has 0 atom stereocenters. The quantitative estimate of drug-likeness (QED) is 0.746. The molecule has 3 heterocycles. The van der Waals surface area contributed by atoms with Crippen molar-refractivity contribution in [1.29, 1.82) is 0 Å². The molecular weight excluding hydrogens is 332 g/mol. The molecule has 1 saturated heterocycles. The fourth-order valence-corrected chi connectivity index (χ4v) is 3.12. The van der Waals surface area contributed by atoms with Crippen molar-refractivity contribution < 1.29 is 18.8 Å². The van der Waals surface area contributed by atoms with E-state index < -0.39 is 0 Å². The smallest absolute Gasteiger partial charge is 0.273 e. The van der Waals surface area contributed by atoms with E-state index in [4.69, 9.17) is 14.0 Å². The van der Waals surface area contributed by atoms with Crippen LogP contribution in [0.15, 0.2) is 15.4 Å². The average Bonchev–Trinajstić information content (AvgIpc) is 3.27. The van der Waals surface area contributed by atoms with Gasteiger partial charge >= 0.3 is 0 Å².